The van der Waals surface area contributed by atoms with Crippen molar-refractivity contribution in [2.45, 2.75) is 17.2 Å². The Morgan fingerprint density at radius 3 is 3.06 bits per heavy atom. The van der Waals surface area contributed by atoms with Crippen LogP contribution in [-0.4, -0.2) is 48.7 Å². The van der Waals surface area contributed by atoms with Gasteiger partial charge in [-0.25, -0.2) is 4.98 Å². The molecule has 0 bridgehead atoms. The molecule has 1 N–H and O–H groups in total. The van der Waals surface area contributed by atoms with E-state index in [1.807, 2.05) is 0 Å². The van der Waals surface area contributed by atoms with Crippen LogP contribution in [0, 0.1) is 0 Å². The van der Waals surface area contributed by atoms with E-state index in [0.29, 0.717) is 18.9 Å². The zero-order chi connectivity index (χ0) is 13.2. The number of aromatic nitrogens is 1. The lowest BCUT2D eigenvalue weighted by Crippen LogP contribution is -2.02. The fourth-order valence-corrected chi connectivity index (χ4v) is 2.95. The number of methoxy groups -OCH3 is 1. The maximum absolute atomic E-state index is 10.5. The first-order chi connectivity index (χ1) is 8.72. The number of carboxylic acid groups (broad SMARTS) is 1. The normalized spacial score (nSPS) is 10.7. The molecule has 0 aliphatic heterocycles. The topological polar surface area (TPSA) is 68.7 Å². The van der Waals surface area contributed by atoms with E-state index in [-0.39, 0.29) is 6.42 Å². The minimum atomic E-state index is -0.849. The molecular weight excluding hydrogens is 274 g/mol. The van der Waals surface area contributed by atoms with Crippen molar-refractivity contribution >= 4 is 29.1 Å². The molecule has 0 aliphatic carbocycles. The van der Waals surface area contributed by atoms with Gasteiger partial charge in [0, 0.05) is 31.5 Å². The summed E-state index contributed by atoms with van der Waals surface area (Å²) in [4.78, 5) is 14.7. The highest BCUT2D eigenvalue weighted by Gasteiger charge is 2.06. The maximum Gasteiger partial charge on any atom is 0.309 e. The summed E-state index contributed by atoms with van der Waals surface area (Å²) in [7, 11) is 1.67. The van der Waals surface area contributed by atoms with Crippen molar-refractivity contribution in [3.05, 3.63) is 11.1 Å². The van der Waals surface area contributed by atoms with Gasteiger partial charge >= 0.3 is 5.97 Å². The van der Waals surface area contributed by atoms with Crippen molar-refractivity contribution in [3.8, 4) is 0 Å². The molecule has 0 amide bonds. The van der Waals surface area contributed by atoms with Crippen LogP contribution in [0.5, 0.6) is 0 Å². The minimum absolute atomic E-state index is 0.00935. The van der Waals surface area contributed by atoms with Crippen molar-refractivity contribution in [2.24, 2.45) is 0 Å². The Morgan fingerprint density at radius 2 is 2.33 bits per heavy atom. The number of carboxylic acids is 1. The van der Waals surface area contributed by atoms with Crippen LogP contribution >= 0.6 is 23.1 Å². The molecule has 102 valence electrons. The molecule has 1 aromatic rings. The Bertz CT molecular complexity index is 357. The molecule has 5 nitrogen and oxygen atoms in total. The molecular formula is C11H17NO4S2. The van der Waals surface area contributed by atoms with Gasteiger partial charge in [0.15, 0.2) is 0 Å². The SMILES string of the molecule is COCCCOCCSc1nc(CC(=O)O)cs1. The molecule has 0 saturated heterocycles. The number of hydrogen-bond donors (Lipinski definition) is 1. The van der Waals surface area contributed by atoms with E-state index in [4.69, 9.17) is 14.6 Å². The lowest BCUT2D eigenvalue weighted by molar-refractivity contribution is -0.136. The van der Waals surface area contributed by atoms with Gasteiger partial charge in [0.05, 0.1) is 18.7 Å². The third-order valence-corrected chi connectivity index (χ3v) is 3.99. The highest BCUT2D eigenvalue weighted by molar-refractivity contribution is 8.01. The Labute approximate surface area is 115 Å². The summed E-state index contributed by atoms with van der Waals surface area (Å²) < 4.78 is 11.2. The molecule has 1 aromatic heterocycles. The minimum Gasteiger partial charge on any atom is -0.481 e. The quantitative estimate of drug-likeness (QED) is 0.524. The Morgan fingerprint density at radius 1 is 1.50 bits per heavy atom. The van der Waals surface area contributed by atoms with Crippen LogP contribution < -0.4 is 0 Å². The molecule has 0 radical (unpaired) electrons. The molecule has 0 unspecified atom stereocenters. The monoisotopic (exact) mass is 291 g/mol. The number of carbonyl (C=O) groups is 1. The number of aliphatic carboxylic acids is 1. The summed E-state index contributed by atoms with van der Waals surface area (Å²) in [5.74, 6) is -0.0224. The maximum atomic E-state index is 10.5. The van der Waals surface area contributed by atoms with Gasteiger partial charge in [-0.2, -0.15) is 0 Å². The molecule has 0 saturated carbocycles. The number of rotatable bonds is 10. The lowest BCUT2D eigenvalue weighted by atomic mass is 10.3. The van der Waals surface area contributed by atoms with Crippen molar-refractivity contribution < 1.29 is 19.4 Å². The van der Waals surface area contributed by atoms with Crippen LogP contribution in [0.4, 0.5) is 0 Å². The van der Waals surface area contributed by atoms with Gasteiger partial charge in [-0.3, -0.25) is 4.79 Å². The summed E-state index contributed by atoms with van der Waals surface area (Å²) in [5.41, 5.74) is 0.621. The molecule has 0 fully saturated rings. The number of nitrogens with zero attached hydrogens (tertiary/aromatic N) is 1. The predicted molar refractivity (Wildman–Crippen MR) is 71.5 cm³/mol. The smallest absolute Gasteiger partial charge is 0.309 e. The van der Waals surface area contributed by atoms with Crippen molar-refractivity contribution in [1.82, 2.24) is 4.98 Å². The number of thioether (sulfide) groups is 1. The summed E-state index contributed by atoms with van der Waals surface area (Å²) >= 11 is 3.07. The molecule has 1 rings (SSSR count). The van der Waals surface area contributed by atoms with Gasteiger partial charge in [-0.1, -0.05) is 11.8 Å². The molecule has 0 atom stereocenters. The molecule has 0 aliphatic rings. The summed E-state index contributed by atoms with van der Waals surface area (Å²) in [6.45, 7) is 2.09. The summed E-state index contributed by atoms with van der Waals surface area (Å²) in [6.07, 6.45) is 0.895. The third kappa shape index (κ3) is 6.95. The second-order valence-corrected chi connectivity index (χ2v) is 5.68. The molecule has 18 heavy (non-hydrogen) atoms. The highest BCUT2D eigenvalue weighted by atomic mass is 32.2. The van der Waals surface area contributed by atoms with Crippen LogP contribution in [0.25, 0.3) is 0 Å². The van der Waals surface area contributed by atoms with E-state index in [1.54, 1.807) is 24.3 Å². The van der Waals surface area contributed by atoms with Crippen LogP contribution in [0.1, 0.15) is 12.1 Å². The fraction of sp³-hybridized carbons (Fsp3) is 0.636. The van der Waals surface area contributed by atoms with Crippen LogP contribution in [0.2, 0.25) is 0 Å². The van der Waals surface area contributed by atoms with E-state index in [1.165, 1.54) is 11.3 Å². The third-order valence-electron chi connectivity index (χ3n) is 1.95. The second-order valence-electron chi connectivity index (χ2n) is 3.48. The van der Waals surface area contributed by atoms with E-state index in [2.05, 4.69) is 4.98 Å². The fourth-order valence-electron chi connectivity index (χ4n) is 1.19. The van der Waals surface area contributed by atoms with Gasteiger partial charge in [0.1, 0.15) is 4.34 Å². The Hall–Kier alpha value is -0.630. The van der Waals surface area contributed by atoms with Gasteiger partial charge in [-0.15, -0.1) is 11.3 Å². The average Bonchev–Trinajstić information content (AvgIpc) is 2.75. The molecule has 7 heteroatoms. The molecule has 0 aromatic carbocycles. The first-order valence-electron chi connectivity index (χ1n) is 5.58. The van der Waals surface area contributed by atoms with Crippen LogP contribution in [-0.2, 0) is 20.7 Å². The first kappa shape index (κ1) is 15.4. The van der Waals surface area contributed by atoms with Crippen molar-refractivity contribution in [1.29, 1.82) is 0 Å². The van der Waals surface area contributed by atoms with Gasteiger partial charge in [-0.05, 0) is 6.42 Å². The lowest BCUT2D eigenvalue weighted by Gasteiger charge is -2.02. The predicted octanol–water partition coefficient (Wildman–Crippen LogP) is 1.92. The van der Waals surface area contributed by atoms with Gasteiger partial charge in [0.25, 0.3) is 0 Å². The molecule has 1 heterocycles. The zero-order valence-corrected chi connectivity index (χ0v) is 11.9. The van der Waals surface area contributed by atoms with E-state index in [9.17, 15) is 4.79 Å². The van der Waals surface area contributed by atoms with E-state index < -0.39 is 5.97 Å². The standard InChI is InChI=1S/C11H17NO4S2/c1-15-3-2-4-16-5-6-17-11-12-9(8-18-11)7-10(13)14/h8H,2-7H2,1H3,(H,13,14). The highest BCUT2D eigenvalue weighted by Crippen LogP contribution is 2.22. The van der Waals surface area contributed by atoms with E-state index >= 15 is 0 Å². The number of ether oxygens (including phenoxy) is 2. The first-order valence-corrected chi connectivity index (χ1v) is 7.44. The van der Waals surface area contributed by atoms with Gasteiger partial charge in [0.2, 0.25) is 0 Å². The number of thiazole rings is 1. The molecule has 0 spiro atoms. The second kappa shape index (κ2) is 9.32. The van der Waals surface area contributed by atoms with E-state index in [0.717, 1.165) is 23.1 Å². The number of hydrogen-bond acceptors (Lipinski definition) is 6. The largest absolute Gasteiger partial charge is 0.481 e. The van der Waals surface area contributed by atoms with Gasteiger partial charge < -0.3 is 14.6 Å². The Kier molecular flexibility index (Phi) is 7.99. The van der Waals surface area contributed by atoms with Crippen molar-refractivity contribution in [2.75, 3.05) is 32.7 Å². The van der Waals surface area contributed by atoms with Crippen LogP contribution in [0.15, 0.2) is 9.72 Å². The Balaban J connectivity index is 2.08. The average molecular weight is 291 g/mol. The van der Waals surface area contributed by atoms with Crippen molar-refractivity contribution in [3.63, 3.8) is 0 Å². The van der Waals surface area contributed by atoms with Crippen LogP contribution in [0.3, 0.4) is 0 Å². The summed E-state index contributed by atoms with van der Waals surface area (Å²) in [6, 6.07) is 0. The zero-order valence-electron chi connectivity index (χ0n) is 10.3. The summed E-state index contributed by atoms with van der Waals surface area (Å²) in [5, 5.41) is 10.4.